The van der Waals surface area contributed by atoms with Gasteiger partial charge in [0.05, 0.1) is 31.1 Å². The number of nitrogens with zero attached hydrogens (tertiary/aromatic N) is 3. The highest BCUT2D eigenvalue weighted by molar-refractivity contribution is 7.99. The molecule has 0 atom stereocenters. The lowest BCUT2D eigenvalue weighted by atomic mass is 10.3. The lowest BCUT2D eigenvalue weighted by Gasteiger charge is -2.15. The minimum atomic E-state index is 0.736. The van der Waals surface area contributed by atoms with Gasteiger partial charge in [0.25, 0.3) is 0 Å². The Morgan fingerprint density at radius 1 is 0.923 bits per heavy atom. The summed E-state index contributed by atoms with van der Waals surface area (Å²) < 4.78 is 2.09. The van der Waals surface area contributed by atoms with Crippen LogP contribution >= 0.6 is 11.8 Å². The molecule has 26 heavy (non-hydrogen) atoms. The van der Waals surface area contributed by atoms with Gasteiger partial charge in [0.2, 0.25) is 5.95 Å². The van der Waals surface area contributed by atoms with Crippen LogP contribution in [0.1, 0.15) is 13.8 Å². The molecule has 0 saturated heterocycles. The molecule has 0 aliphatic heterocycles. The molecule has 2 aromatic carbocycles. The molecule has 1 aromatic heterocycles. The summed E-state index contributed by atoms with van der Waals surface area (Å²) in [5, 5.41) is 13.1. The van der Waals surface area contributed by atoms with Gasteiger partial charge in [0.15, 0.2) is 5.16 Å². The van der Waals surface area contributed by atoms with Gasteiger partial charge >= 0.3 is 0 Å². The number of nitrogens with one attached hydrogen (secondary N) is 2. The summed E-state index contributed by atoms with van der Waals surface area (Å²) in [7, 11) is 0. The average Bonchev–Trinajstić information content (AvgIpc) is 3.09. The van der Waals surface area contributed by atoms with E-state index in [2.05, 4.69) is 46.1 Å². The van der Waals surface area contributed by atoms with Gasteiger partial charge in [-0.05, 0) is 38.1 Å². The van der Waals surface area contributed by atoms with E-state index in [1.54, 1.807) is 16.7 Å². The van der Waals surface area contributed by atoms with Crippen LogP contribution in [0.15, 0.2) is 65.8 Å². The molecule has 0 spiro atoms. The molecule has 1 heterocycles. The molecule has 0 radical (unpaired) electrons. The van der Waals surface area contributed by atoms with E-state index in [1.165, 1.54) is 0 Å². The second-order valence-corrected chi connectivity index (χ2v) is 7.09. The topological polar surface area (TPSA) is 47.2 Å². The Morgan fingerprint density at radius 3 is 2.23 bits per heavy atom. The molecule has 0 aliphatic rings. The molecule has 0 unspecified atom stereocenters. The standard InChI is InChI=1S/C20H25N5S/c1-3-24(4-2)15-16-26-20-23-22-19(21-17-11-7-5-8-12-17)25(20)18-13-9-6-10-14-18/h5-14H,3-4,15-16H2,1-2H3,(H,21,22)/p+1. The Balaban J connectivity index is 1.82. The Hall–Kier alpha value is -2.31. The van der Waals surface area contributed by atoms with Gasteiger partial charge in [0.1, 0.15) is 0 Å². The molecular formula is C20H26N5S+. The van der Waals surface area contributed by atoms with Gasteiger partial charge in [-0.15, -0.1) is 10.2 Å². The third-order valence-corrected chi connectivity index (χ3v) is 5.30. The maximum Gasteiger partial charge on any atom is 0.234 e. The van der Waals surface area contributed by atoms with Crippen molar-refractivity contribution in [3.63, 3.8) is 0 Å². The first kappa shape index (κ1) is 18.5. The van der Waals surface area contributed by atoms with Gasteiger partial charge in [0, 0.05) is 5.69 Å². The third-order valence-electron chi connectivity index (χ3n) is 4.36. The molecule has 0 aliphatic carbocycles. The monoisotopic (exact) mass is 368 g/mol. The van der Waals surface area contributed by atoms with Crippen LogP contribution in [-0.2, 0) is 0 Å². The molecule has 5 nitrogen and oxygen atoms in total. The van der Waals surface area contributed by atoms with Crippen LogP contribution in [-0.4, -0.2) is 40.2 Å². The van der Waals surface area contributed by atoms with E-state index < -0.39 is 0 Å². The number of para-hydroxylation sites is 2. The van der Waals surface area contributed by atoms with Crippen molar-refractivity contribution in [1.29, 1.82) is 0 Å². The van der Waals surface area contributed by atoms with Gasteiger partial charge in [-0.1, -0.05) is 48.2 Å². The van der Waals surface area contributed by atoms with Crippen LogP contribution in [0.2, 0.25) is 0 Å². The number of benzene rings is 2. The summed E-state index contributed by atoms with van der Waals surface area (Å²) in [6, 6.07) is 20.3. The van der Waals surface area contributed by atoms with E-state index in [1.807, 2.05) is 48.5 Å². The fraction of sp³-hybridized carbons (Fsp3) is 0.300. The maximum absolute atomic E-state index is 4.44. The van der Waals surface area contributed by atoms with Crippen LogP contribution in [0.4, 0.5) is 11.6 Å². The van der Waals surface area contributed by atoms with Crippen LogP contribution in [0.3, 0.4) is 0 Å². The smallest absolute Gasteiger partial charge is 0.234 e. The van der Waals surface area contributed by atoms with E-state index in [-0.39, 0.29) is 0 Å². The summed E-state index contributed by atoms with van der Waals surface area (Å²) in [5.74, 6) is 1.76. The summed E-state index contributed by atoms with van der Waals surface area (Å²) in [6.07, 6.45) is 0. The van der Waals surface area contributed by atoms with Crippen molar-refractivity contribution in [3.05, 3.63) is 60.7 Å². The maximum atomic E-state index is 4.44. The first-order valence-electron chi connectivity index (χ1n) is 9.11. The van der Waals surface area contributed by atoms with Crippen molar-refractivity contribution in [2.45, 2.75) is 19.0 Å². The zero-order chi connectivity index (χ0) is 18.2. The van der Waals surface area contributed by atoms with E-state index in [0.717, 1.165) is 47.9 Å². The Kier molecular flexibility index (Phi) is 6.68. The molecule has 3 rings (SSSR count). The largest absolute Gasteiger partial charge is 0.335 e. The summed E-state index contributed by atoms with van der Waals surface area (Å²) in [4.78, 5) is 1.60. The Morgan fingerprint density at radius 2 is 1.58 bits per heavy atom. The van der Waals surface area contributed by atoms with Gasteiger partial charge in [-0.2, -0.15) is 0 Å². The molecule has 3 aromatic rings. The molecule has 0 bridgehead atoms. The number of anilines is 2. The zero-order valence-electron chi connectivity index (χ0n) is 15.4. The van der Waals surface area contributed by atoms with Crippen molar-refractivity contribution < 1.29 is 4.90 Å². The van der Waals surface area contributed by atoms with Crippen molar-refractivity contribution >= 4 is 23.4 Å². The number of thioether (sulfide) groups is 1. The first-order chi connectivity index (χ1) is 12.8. The molecule has 0 saturated carbocycles. The van der Waals surface area contributed by atoms with E-state index in [4.69, 9.17) is 0 Å². The van der Waals surface area contributed by atoms with Crippen LogP contribution < -0.4 is 10.2 Å². The highest BCUT2D eigenvalue weighted by atomic mass is 32.2. The quantitative estimate of drug-likeness (QED) is 0.570. The fourth-order valence-electron chi connectivity index (χ4n) is 2.80. The van der Waals surface area contributed by atoms with Crippen molar-refractivity contribution in [2.75, 3.05) is 30.7 Å². The molecule has 136 valence electrons. The lowest BCUT2D eigenvalue weighted by Crippen LogP contribution is -3.11. The van der Waals surface area contributed by atoms with E-state index in [0.29, 0.717) is 0 Å². The summed E-state index contributed by atoms with van der Waals surface area (Å²) >= 11 is 1.76. The molecule has 6 heteroatoms. The predicted octanol–water partition coefficient (Wildman–Crippen LogP) is 3.03. The van der Waals surface area contributed by atoms with E-state index in [9.17, 15) is 0 Å². The number of rotatable bonds is 9. The molecular weight excluding hydrogens is 342 g/mol. The fourth-order valence-corrected chi connectivity index (χ4v) is 3.79. The van der Waals surface area contributed by atoms with Crippen LogP contribution in [0.5, 0.6) is 0 Å². The molecule has 0 fully saturated rings. The van der Waals surface area contributed by atoms with E-state index >= 15 is 0 Å². The number of hydrogen-bond acceptors (Lipinski definition) is 4. The van der Waals surface area contributed by atoms with Gasteiger partial charge in [-0.3, -0.25) is 4.57 Å². The normalized spacial score (nSPS) is 11.0. The minimum absolute atomic E-state index is 0.736. The number of quaternary nitrogens is 1. The second-order valence-electron chi connectivity index (χ2n) is 6.02. The average molecular weight is 369 g/mol. The minimum Gasteiger partial charge on any atom is -0.335 e. The predicted molar refractivity (Wildman–Crippen MR) is 109 cm³/mol. The molecule has 2 N–H and O–H groups in total. The van der Waals surface area contributed by atoms with Crippen molar-refractivity contribution in [2.24, 2.45) is 0 Å². The lowest BCUT2D eigenvalue weighted by molar-refractivity contribution is -0.893. The SMILES string of the molecule is CC[NH+](CC)CCSc1nnc(Nc2ccccc2)n1-c1ccccc1. The second kappa shape index (κ2) is 9.40. The van der Waals surface area contributed by atoms with Crippen LogP contribution in [0.25, 0.3) is 5.69 Å². The number of aromatic nitrogens is 3. The highest BCUT2D eigenvalue weighted by Gasteiger charge is 2.15. The Labute approximate surface area is 159 Å². The summed E-state index contributed by atoms with van der Waals surface area (Å²) in [5.41, 5.74) is 2.06. The third kappa shape index (κ3) is 4.65. The van der Waals surface area contributed by atoms with Gasteiger partial charge in [-0.25, -0.2) is 0 Å². The Bertz CT molecular complexity index is 784. The highest BCUT2D eigenvalue weighted by Crippen LogP contribution is 2.26. The van der Waals surface area contributed by atoms with Gasteiger partial charge < -0.3 is 10.2 Å². The zero-order valence-corrected chi connectivity index (χ0v) is 16.2. The first-order valence-corrected chi connectivity index (χ1v) is 10.1. The van der Waals surface area contributed by atoms with Crippen LogP contribution in [0, 0.1) is 0 Å². The van der Waals surface area contributed by atoms with Crippen molar-refractivity contribution in [3.8, 4) is 5.69 Å². The van der Waals surface area contributed by atoms with Crippen molar-refractivity contribution in [1.82, 2.24) is 14.8 Å². The molecule has 0 amide bonds. The number of hydrogen-bond donors (Lipinski definition) is 2. The summed E-state index contributed by atoms with van der Waals surface area (Å²) in [6.45, 7) is 7.91.